The third-order valence-corrected chi connectivity index (χ3v) is 10.9. The first-order chi connectivity index (χ1) is 20.7. The van der Waals surface area contributed by atoms with E-state index in [9.17, 15) is 4.79 Å². The van der Waals surface area contributed by atoms with Gasteiger partial charge in [0.1, 0.15) is 11.4 Å². The molecule has 3 aromatic carbocycles. The SMILES string of the molecule is CC(C)Oc1cccc(CC(=O)N2CCOC(CC[N+]34CCC(c5ccccc5)(CC3)CC4)(c3ccc(Cl)c(Cl)c3)C2)c1.O.[Cl-]. The Labute approximate surface area is 283 Å². The molecule has 4 heterocycles. The van der Waals surface area contributed by atoms with Gasteiger partial charge in [0, 0.05) is 37.6 Å². The molecule has 4 aliphatic rings. The smallest absolute Gasteiger partial charge is 0.227 e. The summed E-state index contributed by atoms with van der Waals surface area (Å²) < 4.78 is 13.7. The predicted octanol–water partition coefficient (Wildman–Crippen LogP) is 3.60. The van der Waals surface area contributed by atoms with Crippen LogP contribution in [0.1, 0.15) is 56.2 Å². The summed E-state index contributed by atoms with van der Waals surface area (Å²) >= 11 is 12.9. The second-order valence-electron chi connectivity index (χ2n) is 13.2. The molecule has 0 aromatic heterocycles. The van der Waals surface area contributed by atoms with Crippen LogP contribution in [0.5, 0.6) is 5.75 Å². The number of fused-ring (bicyclic) bond motifs is 3. The molecule has 1 amide bonds. The standard InChI is InChI=1S/C36H43Cl2N2O3.ClH.H2O/c1-27(2)43-31-10-6-7-28(23-31)24-34(41)39-17-22-42-36(26-39,30-11-12-32(37)33(38)25-30)16-21-40-18-13-35(14-19-40,15-20-40)29-8-4-3-5-9-29;;/h3-12,23,25,27H,13-22,24,26H2,1-2H3;1H;1H2/q+1;;/p-1. The van der Waals surface area contributed by atoms with Crippen LogP contribution in [-0.4, -0.2) is 72.7 Å². The van der Waals surface area contributed by atoms with E-state index < -0.39 is 5.60 Å². The summed E-state index contributed by atoms with van der Waals surface area (Å²) in [6.45, 7) is 10.1. The average molecular weight is 676 g/mol. The zero-order valence-electron chi connectivity index (χ0n) is 26.2. The molecular formula is C36H45Cl3N2O4. The molecule has 0 aliphatic carbocycles. The normalized spacial score (nSPS) is 25.8. The van der Waals surface area contributed by atoms with Gasteiger partial charge < -0.3 is 36.7 Å². The summed E-state index contributed by atoms with van der Waals surface area (Å²) in [5.74, 6) is 0.894. The molecule has 2 bridgehead atoms. The van der Waals surface area contributed by atoms with Gasteiger partial charge in [0.05, 0.1) is 61.9 Å². The van der Waals surface area contributed by atoms with E-state index in [-0.39, 0.29) is 29.9 Å². The number of piperidine rings is 3. The van der Waals surface area contributed by atoms with Gasteiger partial charge in [0.15, 0.2) is 0 Å². The van der Waals surface area contributed by atoms with E-state index in [1.165, 1.54) is 44.5 Å². The Bertz CT molecular complexity index is 1430. The molecular weight excluding hydrogens is 631 g/mol. The summed E-state index contributed by atoms with van der Waals surface area (Å²) in [7, 11) is 0. The van der Waals surface area contributed by atoms with Crippen LogP contribution in [0.3, 0.4) is 0 Å². The molecule has 1 unspecified atom stereocenters. The number of carbonyl (C=O) groups excluding carboxylic acids is 1. The number of ether oxygens (including phenoxy) is 2. The lowest BCUT2D eigenvalue weighted by atomic mass is 9.66. The summed E-state index contributed by atoms with van der Waals surface area (Å²) in [5, 5.41) is 1.04. The molecule has 4 saturated heterocycles. The van der Waals surface area contributed by atoms with Crippen molar-refractivity contribution < 1.29 is 36.6 Å². The summed E-state index contributed by atoms with van der Waals surface area (Å²) in [4.78, 5) is 15.7. The van der Waals surface area contributed by atoms with Crippen LogP contribution in [0.4, 0.5) is 0 Å². The van der Waals surface area contributed by atoms with Gasteiger partial charge in [-0.2, -0.15) is 0 Å². The number of hydrogen-bond donors (Lipinski definition) is 0. The third-order valence-electron chi connectivity index (χ3n) is 10.2. The highest BCUT2D eigenvalue weighted by Crippen LogP contribution is 2.47. The Balaban J connectivity index is 0.00000230. The minimum absolute atomic E-state index is 0. The maximum Gasteiger partial charge on any atom is 0.227 e. The molecule has 244 valence electrons. The van der Waals surface area contributed by atoms with Gasteiger partial charge in [-0.1, -0.05) is 71.7 Å². The van der Waals surface area contributed by atoms with Gasteiger partial charge in [-0.05, 0) is 54.8 Å². The van der Waals surface area contributed by atoms with E-state index in [4.69, 9.17) is 32.7 Å². The zero-order chi connectivity index (χ0) is 30.1. The zero-order valence-corrected chi connectivity index (χ0v) is 28.5. The lowest BCUT2D eigenvalue weighted by molar-refractivity contribution is -0.944. The van der Waals surface area contributed by atoms with Crippen LogP contribution in [0, 0.1) is 0 Å². The number of carbonyl (C=O) groups is 1. The van der Waals surface area contributed by atoms with Crippen molar-refractivity contribution in [2.75, 3.05) is 45.9 Å². The fraction of sp³-hybridized carbons (Fsp3) is 0.472. The number of quaternary nitrogens is 1. The van der Waals surface area contributed by atoms with Crippen molar-refractivity contribution >= 4 is 29.1 Å². The van der Waals surface area contributed by atoms with E-state index in [1.54, 1.807) is 0 Å². The molecule has 7 rings (SSSR count). The summed E-state index contributed by atoms with van der Waals surface area (Å²) in [6.07, 6.45) is 4.91. The fourth-order valence-electron chi connectivity index (χ4n) is 7.58. The van der Waals surface area contributed by atoms with E-state index >= 15 is 0 Å². The van der Waals surface area contributed by atoms with Crippen LogP contribution >= 0.6 is 23.2 Å². The third kappa shape index (κ3) is 7.64. The van der Waals surface area contributed by atoms with Gasteiger partial charge >= 0.3 is 0 Å². The second kappa shape index (κ2) is 14.6. The molecule has 9 heteroatoms. The van der Waals surface area contributed by atoms with E-state index in [0.717, 1.165) is 34.3 Å². The molecule has 3 aromatic rings. The van der Waals surface area contributed by atoms with Crippen molar-refractivity contribution in [2.45, 2.75) is 63.1 Å². The van der Waals surface area contributed by atoms with Crippen molar-refractivity contribution in [3.63, 3.8) is 0 Å². The van der Waals surface area contributed by atoms with Crippen molar-refractivity contribution in [2.24, 2.45) is 0 Å². The molecule has 4 fully saturated rings. The van der Waals surface area contributed by atoms with Crippen LogP contribution in [0.15, 0.2) is 72.8 Å². The second-order valence-corrected chi connectivity index (χ2v) is 14.0. The van der Waals surface area contributed by atoms with E-state index in [1.807, 2.05) is 61.2 Å². The van der Waals surface area contributed by atoms with Gasteiger partial charge in [0.25, 0.3) is 0 Å². The summed E-state index contributed by atoms with van der Waals surface area (Å²) in [5.41, 5.74) is 3.15. The van der Waals surface area contributed by atoms with E-state index in [0.29, 0.717) is 41.6 Å². The highest BCUT2D eigenvalue weighted by Gasteiger charge is 2.51. The lowest BCUT2D eigenvalue weighted by Crippen LogP contribution is -3.00. The average Bonchev–Trinajstić information content (AvgIpc) is 3.03. The first-order valence-corrected chi connectivity index (χ1v) is 16.5. The molecule has 0 saturated carbocycles. The number of halogens is 3. The number of hydrogen-bond acceptors (Lipinski definition) is 3. The van der Waals surface area contributed by atoms with Crippen LogP contribution in [0.25, 0.3) is 0 Å². The molecule has 0 radical (unpaired) electrons. The highest BCUT2D eigenvalue weighted by molar-refractivity contribution is 6.42. The fourth-order valence-corrected chi connectivity index (χ4v) is 7.87. The quantitative estimate of drug-likeness (QED) is 0.326. The largest absolute Gasteiger partial charge is 1.00 e. The monoisotopic (exact) mass is 674 g/mol. The Hall–Kier alpha value is -2.32. The molecule has 2 N–H and O–H groups in total. The van der Waals surface area contributed by atoms with Gasteiger partial charge in [-0.3, -0.25) is 4.79 Å². The Morgan fingerprint density at radius 2 is 1.64 bits per heavy atom. The number of benzene rings is 3. The van der Waals surface area contributed by atoms with Gasteiger partial charge in [0.2, 0.25) is 5.91 Å². The van der Waals surface area contributed by atoms with Crippen LogP contribution < -0.4 is 17.1 Å². The van der Waals surface area contributed by atoms with Crippen molar-refractivity contribution in [3.8, 4) is 5.75 Å². The van der Waals surface area contributed by atoms with Crippen LogP contribution in [-0.2, 0) is 27.0 Å². The number of morpholine rings is 1. The topological polar surface area (TPSA) is 70.3 Å². The number of rotatable bonds is 9. The Kier molecular flexibility index (Phi) is 11.5. The molecule has 6 nitrogen and oxygen atoms in total. The van der Waals surface area contributed by atoms with Gasteiger partial charge in [-0.25, -0.2) is 0 Å². The Morgan fingerprint density at radius 3 is 2.31 bits per heavy atom. The van der Waals surface area contributed by atoms with Gasteiger partial charge in [-0.15, -0.1) is 0 Å². The lowest BCUT2D eigenvalue weighted by Gasteiger charge is -2.56. The van der Waals surface area contributed by atoms with Crippen LogP contribution in [0.2, 0.25) is 10.0 Å². The first-order valence-electron chi connectivity index (χ1n) is 15.7. The Morgan fingerprint density at radius 1 is 0.933 bits per heavy atom. The molecule has 45 heavy (non-hydrogen) atoms. The summed E-state index contributed by atoms with van der Waals surface area (Å²) in [6, 6.07) is 24.8. The van der Waals surface area contributed by atoms with E-state index in [2.05, 4.69) is 30.3 Å². The number of amides is 1. The first kappa shape index (κ1) is 35.5. The molecule has 4 aliphatic heterocycles. The molecule has 0 spiro atoms. The van der Waals surface area contributed by atoms with Crippen molar-refractivity contribution in [1.82, 2.24) is 4.90 Å². The minimum atomic E-state index is -0.636. The maximum atomic E-state index is 13.7. The van der Waals surface area contributed by atoms with Crippen molar-refractivity contribution in [1.29, 1.82) is 0 Å². The predicted molar refractivity (Wildman–Crippen MR) is 177 cm³/mol. The number of nitrogens with zero attached hydrogens (tertiary/aromatic N) is 2. The highest BCUT2D eigenvalue weighted by atomic mass is 35.5. The minimum Gasteiger partial charge on any atom is -1.00 e. The maximum absolute atomic E-state index is 13.7. The molecule has 1 atom stereocenters. The van der Waals surface area contributed by atoms with Crippen molar-refractivity contribution in [3.05, 3.63) is 99.5 Å².